The van der Waals surface area contributed by atoms with E-state index in [1.807, 2.05) is 0 Å². The van der Waals surface area contributed by atoms with Crippen LogP contribution in [0.15, 0.2) is 18.3 Å². The summed E-state index contributed by atoms with van der Waals surface area (Å²) in [6, 6.07) is 3.59. The fourth-order valence-electron chi connectivity index (χ4n) is 1.11. The Kier molecular flexibility index (Phi) is 6.29. The molecule has 0 radical (unpaired) electrons. The van der Waals surface area contributed by atoms with E-state index in [0.29, 0.717) is 38.0 Å². The molecule has 5 heteroatoms. The number of nitrogens with zero attached hydrogens (tertiary/aromatic N) is 1. The summed E-state index contributed by atoms with van der Waals surface area (Å²) in [6.45, 7) is 2.47. The summed E-state index contributed by atoms with van der Waals surface area (Å²) >= 11 is 0. The van der Waals surface area contributed by atoms with E-state index in [2.05, 4.69) is 4.98 Å². The van der Waals surface area contributed by atoms with Crippen molar-refractivity contribution < 1.29 is 14.2 Å². The largest absolute Gasteiger partial charge is 0.490 e. The molecule has 0 atom stereocenters. The zero-order valence-electron chi connectivity index (χ0n) is 9.52. The average molecular weight is 226 g/mol. The molecule has 0 aliphatic heterocycles. The van der Waals surface area contributed by atoms with Crippen LogP contribution in [-0.2, 0) is 9.47 Å². The van der Waals surface area contributed by atoms with Crippen LogP contribution in [0.5, 0.6) is 5.75 Å². The molecule has 1 aromatic heterocycles. The highest BCUT2D eigenvalue weighted by molar-refractivity contribution is 5.44. The Balaban J connectivity index is 2.05. The van der Waals surface area contributed by atoms with E-state index in [9.17, 15) is 0 Å². The summed E-state index contributed by atoms with van der Waals surface area (Å²) in [4.78, 5) is 3.92. The first kappa shape index (κ1) is 12.7. The minimum Gasteiger partial charge on any atom is -0.490 e. The van der Waals surface area contributed by atoms with E-state index in [1.54, 1.807) is 25.4 Å². The third-order valence-electron chi connectivity index (χ3n) is 1.92. The number of hydrogen-bond acceptors (Lipinski definition) is 5. The number of hydrogen-bond donors (Lipinski definition) is 1. The molecular formula is C11H18N2O3. The third-order valence-corrected chi connectivity index (χ3v) is 1.92. The monoisotopic (exact) mass is 226 g/mol. The zero-order chi connectivity index (χ0) is 11.6. The lowest BCUT2D eigenvalue weighted by Crippen LogP contribution is -2.07. The molecule has 1 rings (SSSR count). The summed E-state index contributed by atoms with van der Waals surface area (Å²) in [7, 11) is 1.65. The van der Waals surface area contributed by atoms with Crippen molar-refractivity contribution in [2.75, 3.05) is 39.3 Å². The topological polar surface area (TPSA) is 66.6 Å². The van der Waals surface area contributed by atoms with Crippen molar-refractivity contribution in [2.24, 2.45) is 0 Å². The molecule has 0 fully saturated rings. The molecule has 0 saturated carbocycles. The van der Waals surface area contributed by atoms with Crippen LogP contribution in [0.3, 0.4) is 0 Å². The van der Waals surface area contributed by atoms with Gasteiger partial charge in [0.2, 0.25) is 0 Å². The molecule has 0 saturated heterocycles. The molecule has 1 heterocycles. The molecule has 0 unspecified atom stereocenters. The molecule has 2 N–H and O–H groups in total. The first-order valence-electron chi connectivity index (χ1n) is 5.24. The first-order valence-corrected chi connectivity index (χ1v) is 5.24. The van der Waals surface area contributed by atoms with Crippen molar-refractivity contribution >= 4 is 5.82 Å². The molecule has 0 spiro atoms. The number of anilines is 1. The highest BCUT2D eigenvalue weighted by atomic mass is 16.5. The Morgan fingerprint density at radius 3 is 2.88 bits per heavy atom. The molecule has 0 aromatic carbocycles. The Labute approximate surface area is 95.5 Å². The van der Waals surface area contributed by atoms with Crippen molar-refractivity contribution in [1.29, 1.82) is 0 Å². The number of nitrogens with two attached hydrogens (primary N) is 1. The van der Waals surface area contributed by atoms with Gasteiger partial charge in [-0.05, 0) is 12.1 Å². The van der Waals surface area contributed by atoms with Crippen molar-refractivity contribution in [1.82, 2.24) is 4.98 Å². The van der Waals surface area contributed by atoms with Crippen LogP contribution in [0.25, 0.3) is 0 Å². The van der Waals surface area contributed by atoms with Gasteiger partial charge in [0, 0.05) is 26.3 Å². The van der Waals surface area contributed by atoms with E-state index in [0.717, 1.165) is 6.42 Å². The van der Waals surface area contributed by atoms with Gasteiger partial charge in [-0.3, -0.25) is 0 Å². The number of methoxy groups -OCH3 is 1. The second-order valence-corrected chi connectivity index (χ2v) is 3.19. The van der Waals surface area contributed by atoms with Crippen molar-refractivity contribution in [3.8, 4) is 5.75 Å². The highest BCUT2D eigenvalue weighted by Gasteiger charge is 1.98. The molecule has 0 amide bonds. The lowest BCUT2D eigenvalue weighted by molar-refractivity contribution is 0.0644. The summed E-state index contributed by atoms with van der Waals surface area (Å²) in [5.41, 5.74) is 5.62. The van der Waals surface area contributed by atoms with Crippen molar-refractivity contribution in [3.63, 3.8) is 0 Å². The van der Waals surface area contributed by atoms with Gasteiger partial charge in [-0.1, -0.05) is 0 Å². The first-order chi connectivity index (χ1) is 7.84. The Bertz CT molecular complexity index is 294. The van der Waals surface area contributed by atoms with Gasteiger partial charge in [-0.15, -0.1) is 0 Å². The number of aromatic nitrogens is 1. The summed E-state index contributed by atoms with van der Waals surface area (Å²) in [5, 5.41) is 0. The van der Waals surface area contributed by atoms with Gasteiger partial charge in [0.05, 0.1) is 19.8 Å². The van der Waals surface area contributed by atoms with E-state index < -0.39 is 0 Å². The number of ether oxygens (including phenoxy) is 3. The van der Waals surface area contributed by atoms with Crippen LogP contribution < -0.4 is 10.5 Å². The van der Waals surface area contributed by atoms with Crippen molar-refractivity contribution in [3.05, 3.63) is 18.3 Å². The minimum absolute atomic E-state index is 0.419. The normalized spacial score (nSPS) is 10.3. The van der Waals surface area contributed by atoms with Crippen LogP contribution in [0, 0.1) is 0 Å². The molecule has 90 valence electrons. The van der Waals surface area contributed by atoms with Crippen molar-refractivity contribution in [2.45, 2.75) is 6.42 Å². The fraction of sp³-hybridized carbons (Fsp3) is 0.545. The quantitative estimate of drug-likeness (QED) is 0.672. The molecule has 1 aromatic rings. The molecular weight excluding hydrogens is 208 g/mol. The third kappa shape index (κ3) is 4.95. The highest BCUT2D eigenvalue weighted by Crippen LogP contribution is 2.16. The maximum absolute atomic E-state index is 5.62. The Morgan fingerprint density at radius 2 is 2.12 bits per heavy atom. The fourth-order valence-corrected chi connectivity index (χ4v) is 1.11. The molecule has 5 nitrogen and oxygen atoms in total. The predicted octanol–water partition coefficient (Wildman–Crippen LogP) is 1.10. The average Bonchev–Trinajstić information content (AvgIpc) is 2.30. The predicted molar refractivity (Wildman–Crippen MR) is 61.5 cm³/mol. The maximum atomic E-state index is 5.62. The van der Waals surface area contributed by atoms with E-state index in [-0.39, 0.29) is 0 Å². The summed E-state index contributed by atoms with van der Waals surface area (Å²) in [6.07, 6.45) is 2.45. The Hall–Kier alpha value is -1.33. The smallest absolute Gasteiger partial charge is 0.166 e. The molecule has 0 aliphatic carbocycles. The van der Waals surface area contributed by atoms with E-state index >= 15 is 0 Å². The zero-order valence-corrected chi connectivity index (χ0v) is 9.52. The van der Waals surface area contributed by atoms with Gasteiger partial charge in [0.1, 0.15) is 0 Å². The minimum atomic E-state index is 0.419. The van der Waals surface area contributed by atoms with Gasteiger partial charge in [-0.25, -0.2) is 4.98 Å². The van der Waals surface area contributed by atoms with Gasteiger partial charge in [-0.2, -0.15) is 0 Å². The van der Waals surface area contributed by atoms with Crippen LogP contribution >= 0.6 is 0 Å². The van der Waals surface area contributed by atoms with Gasteiger partial charge >= 0.3 is 0 Å². The molecule has 0 bridgehead atoms. The van der Waals surface area contributed by atoms with Gasteiger partial charge in [0.15, 0.2) is 11.6 Å². The Morgan fingerprint density at radius 1 is 1.25 bits per heavy atom. The van der Waals surface area contributed by atoms with E-state index in [1.165, 1.54) is 0 Å². The SMILES string of the molecule is COCCOCCCOc1cccnc1N. The summed E-state index contributed by atoms with van der Waals surface area (Å²) < 4.78 is 15.6. The van der Waals surface area contributed by atoms with E-state index in [4.69, 9.17) is 19.9 Å². The number of rotatable bonds is 8. The standard InChI is InChI=1S/C11H18N2O3/c1-14-8-9-15-6-3-7-16-10-4-2-5-13-11(10)12/h2,4-5H,3,6-9H2,1H3,(H2,12,13). The molecule has 16 heavy (non-hydrogen) atoms. The lowest BCUT2D eigenvalue weighted by atomic mass is 10.4. The second kappa shape index (κ2) is 7.90. The second-order valence-electron chi connectivity index (χ2n) is 3.19. The van der Waals surface area contributed by atoms with Crippen LogP contribution in [-0.4, -0.2) is 38.5 Å². The summed E-state index contributed by atoms with van der Waals surface area (Å²) in [5.74, 6) is 1.04. The van der Waals surface area contributed by atoms with Gasteiger partial charge in [0.25, 0.3) is 0 Å². The van der Waals surface area contributed by atoms with Crippen LogP contribution in [0.4, 0.5) is 5.82 Å². The van der Waals surface area contributed by atoms with Crippen LogP contribution in [0.2, 0.25) is 0 Å². The number of pyridine rings is 1. The molecule has 0 aliphatic rings. The lowest BCUT2D eigenvalue weighted by Gasteiger charge is -2.07. The van der Waals surface area contributed by atoms with Crippen LogP contribution in [0.1, 0.15) is 6.42 Å². The van der Waals surface area contributed by atoms with Gasteiger partial charge < -0.3 is 19.9 Å². The number of nitrogen functional groups attached to an aromatic ring is 1. The maximum Gasteiger partial charge on any atom is 0.166 e.